The topological polar surface area (TPSA) is 29.1 Å². The first-order valence-electron chi connectivity index (χ1n) is 9.58. The van der Waals surface area contributed by atoms with Crippen LogP contribution in [0.2, 0.25) is 9.36 Å². The Kier molecular flexibility index (Phi) is 9.66. The summed E-state index contributed by atoms with van der Waals surface area (Å²) in [6.45, 7) is 0. The molecule has 2 aliphatic rings. The maximum Gasteiger partial charge on any atom is -0.0149 e. The Labute approximate surface area is 190 Å². The van der Waals surface area contributed by atoms with Gasteiger partial charge in [0.2, 0.25) is 0 Å². The van der Waals surface area contributed by atoms with Gasteiger partial charge >= 0.3 is 156 Å². The van der Waals surface area contributed by atoms with E-state index in [9.17, 15) is 4.79 Å². The van der Waals surface area contributed by atoms with Crippen LogP contribution in [0.3, 0.4) is 0 Å². The first-order valence-corrected chi connectivity index (χ1v) is 20.6. The van der Waals surface area contributed by atoms with Gasteiger partial charge in [-0.15, -0.1) is 0 Å². The molecule has 0 aliphatic heterocycles. The number of fused-ring (bicyclic) bond motifs is 3. The number of halogens is 2. The molecule has 0 heterocycles. The third-order valence-corrected chi connectivity index (χ3v) is 16.6. The summed E-state index contributed by atoms with van der Waals surface area (Å²) in [5.74, 6) is 0.591. The van der Waals surface area contributed by atoms with Gasteiger partial charge in [-0.3, -0.25) is 0 Å². The Balaban J connectivity index is 0.00000131. The summed E-state index contributed by atoms with van der Waals surface area (Å²) in [6, 6.07) is 17.6. The molecule has 0 radical (unpaired) electrons. The van der Waals surface area contributed by atoms with E-state index >= 15 is 0 Å². The van der Waals surface area contributed by atoms with Gasteiger partial charge in [0.05, 0.1) is 0 Å². The molecular weight excluding hydrogens is 572 g/mol. The molecule has 0 atom stereocenters. The molecule has 28 heavy (non-hydrogen) atoms. The quantitative estimate of drug-likeness (QED) is 0.412. The molecule has 2 nitrogen and oxygen atoms in total. The summed E-state index contributed by atoms with van der Waals surface area (Å²) in [7, 11) is 0. The second-order valence-electron chi connectivity index (χ2n) is 8.15. The van der Waals surface area contributed by atoms with Crippen molar-refractivity contribution in [3.05, 3.63) is 59.7 Å². The van der Waals surface area contributed by atoms with E-state index in [2.05, 4.69) is 61.2 Å². The van der Waals surface area contributed by atoms with Crippen molar-refractivity contribution >= 4 is 16.9 Å². The number of nitrogens with one attached hydrogen (secondary N) is 1. The minimum absolute atomic E-state index is 0. The fourth-order valence-electron chi connectivity index (χ4n) is 4.79. The number of rotatable bonds is 3. The Morgan fingerprint density at radius 2 is 1.32 bits per heavy atom. The summed E-state index contributed by atoms with van der Waals surface area (Å²) in [5.41, 5.74) is 5.59. The normalized spacial score (nSPS) is 15.4. The van der Waals surface area contributed by atoms with Gasteiger partial charge < -0.3 is 24.8 Å². The van der Waals surface area contributed by atoms with E-state index in [4.69, 9.17) is 0 Å². The number of carbonyl (C=O) groups excluding carboxylic acids is 1. The maximum absolute atomic E-state index is 12.9. The summed E-state index contributed by atoms with van der Waals surface area (Å²) in [4.78, 5) is 12.9. The SMILES string of the molecule is [CH3][Hf+2]([CH3])([NH]C(=O)C1CCCCC1)[CH]1c2ccccc2-c2ccccc21.[Cl-].[Cl-].[SiH4]. The molecule has 0 aromatic heterocycles. The zero-order chi connectivity index (χ0) is 17.4. The van der Waals surface area contributed by atoms with E-state index in [0.717, 1.165) is 12.8 Å². The molecule has 0 bridgehead atoms. The van der Waals surface area contributed by atoms with Crippen LogP contribution in [0, 0.1) is 5.92 Å². The smallest absolute Gasteiger partial charge is 0.0149 e. The van der Waals surface area contributed by atoms with Gasteiger partial charge in [0.1, 0.15) is 0 Å². The average molecular weight is 603 g/mol. The van der Waals surface area contributed by atoms with E-state index in [0.29, 0.717) is 9.58 Å². The number of amides is 1. The molecule has 2 aromatic carbocycles. The van der Waals surface area contributed by atoms with Crippen LogP contribution >= 0.6 is 0 Å². The summed E-state index contributed by atoms with van der Waals surface area (Å²) < 4.78 is 8.86. The monoisotopic (exact) mass is 603 g/mol. The minimum atomic E-state index is -3.05. The van der Waals surface area contributed by atoms with Crippen molar-refractivity contribution in [2.45, 2.75) is 45.1 Å². The van der Waals surface area contributed by atoms with Crippen LogP contribution in [0.5, 0.6) is 0 Å². The molecule has 6 heteroatoms. The second-order valence-corrected chi connectivity index (χ2v) is 23.5. The molecule has 4 rings (SSSR count). The van der Waals surface area contributed by atoms with Crippen LogP contribution < -0.4 is 28.1 Å². The molecule has 1 saturated carbocycles. The Bertz CT molecular complexity index is 763. The van der Waals surface area contributed by atoms with Crippen molar-refractivity contribution in [2.24, 2.45) is 5.92 Å². The molecular formula is C22H31Cl2HfNOSi. The largest absolute Gasteiger partial charge is 1.00 e. The number of hydrogen-bond acceptors (Lipinski definition) is 1. The standard InChI is InChI=1S/C13H9.C7H13NO.2CH3.2ClH.Hf.H4Si/c1-3-7-12-10(5-1)9-11-6-2-4-8-13(11)12;8-7(9)6-4-2-1-3-5-6;;;;;;/h1-9H;6H,1-5H2,(H2,8,9);2*1H3;2*1H;;1H4/q;;;;;;+3;/p-3. The van der Waals surface area contributed by atoms with Crippen molar-refractivity contribution < 1.29 is 49.9 Å². The van der Waals surface area contributed by atoms with Crippen LogP contribution in [0.25, 0.3) is 11.1 Å². The molecule has 152 valence electrons. The molecule has 0 spiro atoms. The van der Waals surface area contributed by atoms with Gasteiger partial charge in [-0.25, -0.2) is 0 Å². The molecule has 1 N–H and O–H groups in total. The van der Waals surface area contributed by atoms with Crippen molar-refractivity contribution in [1.29, 1.82) is 0 Å². The van der Waals surface area contributed by atoms with E-state index < -0.39 is 20.3 Å². The number of benzene rings is 2. The molecule has 0 saturated heterocycles. The van der Waals surface area contributed by atoms with Crippen LogP contribution in [0.4, 0.5) is 0 Å². The predicted molar refractivity (Wildman–Crippen MR) is 112 cm³/mol. The van der Waals surface area contributed by atoms with Crippen LogP contribution in [-0.4, -0.2) is 16.9 Å². The van der Waals surface area contributed by atoms with Crippen molar-refractivity contribution in [2.75, 3.05) is 0 Å². The van der Waals surface area contributed by atoms with Crippen LogP contribution in [0.15, 0.2) is 48.5 Å². The number of carbonyl (C=O) groups is 1. The molecule has 1 fully saturated rings. The molecule has 2 aromatic rings. The summed E-state index contributed by atoms with van der Waals surface area (Å²) in [6.07, 6.45) is 5.87. The van der Waals surface area contributed by atoms with E-state index in [1.54, 1.807) is 0 Å². The third-order valence-electron chi connectivity index (χ3n) is 5.98. The fourth-order valence-corrected chi connectivity index (χ4v) is 15.7. The predicted octanol–water partition coefficient (Wildman–Crippen LogP) is -1.83. The Morgan fingerprint density at radius 1 is 0.857 bits per heavy atom. The van der Waals surface area contributed by atoms with E-state index in [1.807, 2.05) is 0 Å². The molecule has 0 unspecified atom stereocenters. The van der Waals surface area contributed by atoms with Crippen LogP contribution in [-0.2, 0) is 25.1 Å². The van der Waals surface area contributed by atoms with Gasteiger partial charge in [-0.05, 0) is 11.0 Å². The van der Waals surface area contributed by atoms with Crippen molar-refractivity contribution in [3.8, 4) is 11.1 Å². The van der Waals surface area contributed by atoms with Gasteiger partial charge in [0, 0.05) is 0 Å². The van der Waals surface area contributed by atoms with Crippen molar-refractivity contribution in [1.82, 2.24) is 3.30 Å². The first-order chi connectivity index (χ1) is 12.1. The van der Waals surface area contributed by atoms with Crippen molar-refractivity contribution in [3.63, 3.8) is 0 Å². The number of hydrogen-bond donors (Lipinski definition) is 1. The summed E-state index contributed by atoms with van der Waals surface area (Å²) >= 11 is -3.05. The third kappa shape index (κ3) is 4.83. The van der Waals surface area contributed by atoms with Crippen LogP contribution in [0.1, 0.15) is 46.9 Å². The maximum atomic E-state index is 12.9. The minimum Gasteiger partial charge on any atom is -1.00 e. The molecule has 1 amide bonds. The zero-order valence-corrected chi connectivity index (χ0v) is 21.1. The van der Waals surface area contributed by atoms with Gasteiger partial charge in [-0.2, -0.15) is 0 Å². The fraction of sp³-hybridized carbons (Fsp3) is 0.409. The zero-order valence-electron chi connectivity index (χ0n) is 16.0. The molecule has 2 aliphatic carbocycles. The average Bonchev–Trinajstić information content (AvgIpc) is 2.97. The first kappa shape index (κ1) is 25.6. The Morgan fingerprint density at radius 3 is 1.82 bits per heavy atom. The Hall–Kier alpha value is -0.423. The van der Waals surface area contributed by atoms with E-state index in [1.165, 1.54) is 41.5 Å². The van der Waals surface area contributed by atoms with Gasteiger partial charge in [0.25, 0.3) is 0 Å². The van der Waals surface area contributed by atoms with E-state index in [-0.39, 0.29) is 41.7 Å². The summed E-state index contributed by atoms with van der Waals surface area (Å²) in [5, 5.41) is 0. The second kappa shape index (κ2) is 10.6. The van der Waals surface area contributed by atoms with Gasteiger partial charge in [0.15, 0.2) is 0 Å². The van der Waals surface area contributed by atoms with Gasteiger partial charge in [-0.1, -0.05) is 0 Å².